The smallest absolute Gasteiger partial charge is 0.236 e. The number of fused-ring (bicyclic) bond motifs is 1. The highest BCUT2D eigenvalue weighted by atomic mass is 32.2. The summed E-state index contributed by atoms with van der Waals surface area (Å²) in [7, 11) is 0. The first-order valence-corrected chi connectivity index (χ1v) is 6.87. The molecule has 0 saturated carbocycles. The molecule has 1 aromatic heterocycles. The molecule has 0 bridgehead atoms. The van der Waals surface area contributed by atoms with Crippen LogP contribution in [-0.4, -0.2) is 21.8 Å². The molecule has 2 rings (SSSR count). The van der Waals surface area contributed by atoms with Crippen molar-refractivity contribution in [2.75, 3.05) is 11.1 Å². The summed E-state index contributed by atoms with van der Waals surface area (Å²) in [4.78, 5) is 27.7. The van der Waals surface area contributed by atoms with Gasteiger partial charge >= 0.3 is 0 Å². The molecule has 1 aliphatic carbocycles. The van der Waals surface area contributed by atoms with Crippen LogP contribution in [0.4, 0.5) is 5.13 Å². The van der Waals surface area contributed by atoms with E-state index in [1.807, 2.05) is 0 Å². The molecule has 1 amide bonds. The Morgan fingerprint density at radius 2 is 2.31 bits per heavy atom. The summed E-state index contributed by atoms with van der Waals surface area (Å²) in [6, 6.07) is 0. The molecule has 0 unspecified atom stereocenters. The van der Waals surface area contributed by atoms with Crippen molar-refractivity contribution in [1.29, 1.82) is 0 Å². The summed E-state index contributed by atoms with van der Waals surface area (Å²) < 4.78 is 0. The zero-order valence-corrected chi connectivity index (χ0v) is 10.5. The highest BCUT2D eigenvalue weighted by molar-refractivity contribution is 8.14. The third kappa shape index (κ3) is 2.82. The lowest BCUT2D eigenvalue weighted by Gasteiger charge is -1.99. The molecule has 0 atom stereocenters. The van der Waals surface area contributed by atoms with Crippen molar-refractivity contribution in [3.8, 4) is 0 Å². The summed E-state index contributed by atoms with van der Waals surface area (Å²) in [5.41, 5.74) is 1.12. The van der Waals surface area contributed by atoms with Crippen LogP contribution in [0.3, 0.4) is 0 Å². The van der Waals surface area contributed by atoms with Gasteiger partial charge in [0.15, 0.2) is 10.2 Å². The quantitative estimate of drug-likeness (QED) is 0.896. The predicted octanol–water partition coefficient (Wildman–Crippen LogP) is 1.85. The third-order valence-corrected chi connectivity index (χ3v) is 4.13. The maximum atomic E-state index is 11.4. The third-order valence-electron chi connectivity index (χ3n) is 2.25. The molecule has 0 radical (unpaired) electrons. The number of nitrogens with one attached hydrogen (secondary N) is 1. The Hall–Kier alpha value is -0.880. The normalized spacial score (nSPS) is 13.6. The molecule has 0 aliphatic heterocycles. The number of amides is 1. The zero-order chi connectivity index (χ0) is 11.5. The molecule has 6 heteroatoms. The van der Waals surface area contributed by atoms with E-state index >= 15 is 0 Å². The van der Waals surface area contributed by atoms with E-state index in [1.165, 1.54) is 18.2 Å². The molecule has 1 aromatic rings. The van der Waals surface area contributed by atoms with Crippen LogP contribution < -0.4 is 5.32 Å². The molecule has 1 N–H and O–H groups in total. The van der Waals surface area contributed by atoms with Crippen LogP contribution in [-0.2, 0) is 22.4 Å². The topological polar surface area (TPSA) is 59.1 Å². The van der Waals surface area contributed by atoms with Gasteiger partial charge in [-0.25, -0.2) is 4.98 Å². The molecule has 86 valence electrons. The molecular formula is C10H12N2O2S2. The van der Waals surface area contributed by atoms with Crippen molar-refractivity contribution in [2.45, 2.75) is 26.2 Å². The number of aryl methyl sites for hydroxylation is 2. The maximum absolute atomic E-state index is 11.4. The van der Waals surface area contributed by atoms with E-state index in [0.717, 1.165) is 30.3 Å². The minimum atomic E-state index is -0.160. The van der Waals surface area contributed by atoms with Crippen LogP contribution >= 0.6 is 23.1 Å². The molecular weight excluding hydrogens is 244 g/mol. The molecule has 1 heterocycles. The number of carbonyl (C=O) groups excluding carboxylic acids is 2. The van der Waals surface area contributed by atoms with Gasteiger partial charge in [0.05, 0.1) is 11.4 Å². The highest BCUT2D eigenvalue weighted by Crippen LogP contribution is 2.30. The molecule has 0 fully saturated rings. The Kier molecular flexibility index (Phi) is 3.60. The van der Waals surface area contributed by atoms with Crippen LogP contribution in [0, 0.1) is 0 Å². The van der Waals surface area contributed by atoms with E-state index in [1.54, 1.807) is 11.3 Å². The van der Waals surface area contributed by atoms with E-state index in [2.05, 4.69) is 10.3 Å². The summed E-state index contributed by atoms with van der Waals surface area (Å²) in [6.45, 7) is 1.45. The second-order valence-electron chi connectivity index (χ2n) is 3.57. The average molecular weight is 256 g/mol. The summed E-state index contributed by atoms with van der Waals surface area (Å²) in [6.07, 6.45) is 3.26. The van der Waals surface area contributed by atoms with Crippen molar-refractivity contribution >= 4 is 39.3 Å². The number of rotatable bonds is 3. The van der Waals surface area contributed by atoms with Gasteiger partial charge < -0.3 is 5.32 Å². The molecule has 0 aromatic carbocycles. The van der Waals surface area contributed by atoms with Gasteiger partial charge in [-0.2, -0.15) is 0 Å². The number of hydrogen-bond donors (Lipinski definition) is 1. The van der Waals surface area contributed by atoms with Crippen molar-refractivity contribution in [2.24, 2.45) is 0 Å². The summed E-state index contributed by atoms with van der Waals surface area (Å²) in [5, 5.41) is 3.34. The highest BCUT2D eigenvalue weighted by Gasteiger charge is 2.17. The second-order valence-corrected chi connectivity index (χ2v) is 5.81. The fourth-order valence-electron chi connectivity index (χ4n) is 1.57. The van der Waals surface area contributed by atoms with Crippen molar-refractivity contribution in [1.82, 2.24) is 4.98 Å². The Labute approximate surface area is 102 Å². The number of anilines is 1. The molecule has 1 aliphatic rings. The van der Waals surface area contributed by atoms with E-state index in [-0.39, 0.29) is 16.8 Å². The first-order valence-electron chi connectivity index (χ1n) is 5.07. The fourth-order valence-corrected chi connectivity index (χ4v) is 3.04. The van der Waals surface area contributed by atoms with Crippen LogP contribution in [0.2, 0.25) is 0 Å². The molecule has 0 saturated heterocycles. The van der Waals surface area contributed by atoms with Gasteiger partial charge in [-0.05, 0) is 19.3 Å². The Bertz CT molecular complexity index is 407. The first kappa shape index (κ1) is 11.6. The number of thiazole rings is 1. The lowest BCUT2D eigenvalue weighted by molar-refractivity contribution is -0.114. The summed E-state index contributed by atoms with van der Waals surface area (Å²) >= 11 is 2.56. The lowest BCUT2D eigenvalue weighted by atomic mass is 10.4. The summed E-state index contributed by atoms with van der Waals surface area (Å²) in [5.74, 6) is 0.00664. The van der Waals surface area contributed by atoms with Gasteiger partial charge in [-0.1, -0.05) is 11.8 Å². The Balaban J connectivity index is 1.89. The van der Waals surface area contributed by atoms with E-state index in [4.69, 9.17) is 0 Å². The predicted molar refractivity (Wildman–Crippen MR) is 65.9 cm³/mol. The number of aromatic nitrogens is 1. The maximum Gasteiger partial charge on any atom is 0.236 e. The largest absolute Gasteiger partial charge is 0.301 e. The second kappa shape index (κ2) is 4.97. The number of carbonyl (C=O) groups is 2. The van der Waals surface area contributed by atoms with E-state index in [9.17, 15) is 9.59 Å². The van der Waals surface area contributed by atoms with Gasteiger partial charge in [-0.3, -0.25) is 9.59 Å². The van der Waals surface area contributed by atoms with E-state index < -0.39 is 0 Å². The number of nitrogens with zero attached hydrogens (tertiary/aromatic N) is 1. The zero-order valence-electron chi connectivity index (χ0n) is 8.91. The van der Waals surface area contributed by atoms with Crippen LogP contribution in [0.5, 0.6) is 0 Å². The van der Waals surface area contributed by atoms with Gasteiger partial charge in [0.1, 0.15) is 0 Å². The van der Waals surface area contributed by atoms with Crippen molar-refractivity contribution in [3.63, 3.8) is 0 Å². The molecule has 0 spiro atoms. The monoisotopic (exact) mass is 256 g/mol. The minimum Gasteiger partial charge on any atom is -0.301 e. The van der Waals surface area contributed by atoms with Crippen LogP contribution in [0.15, 0.2) is 0 Å². The average Bonchev–Trinajstić information content (AvgIpc) is 2.74. The standard InChI is InChI=1S/C10H12N2O2S2/c1-6(13)15-5-9(14)12-10-11-7-3-2-4-8(7)16-10/h2-5H2,1H3,(H,11,12,14). The van der Waals surface area contributed by atoms with Crippen molar-refractivity contribution in [3.05, 3.63) is 10.6 Å². The van der Waals surface area contributed by atoms with Crippen LogP contribution in [0.25, 0.3) is 0 Å². The molecule has 16 heavy (non-hydrogen) atoms. The van der Waals surface area contributed by atoms with Crippen LogP contribution in [0.1, 0.15) is 23.9 Å². The number of thioether (sulfide) groups is 1. The first-order chi connectivity index (χ1) is 7.65. The number of hydrogen-bond acceptors (Lipinski definition) is 5. The van der Waals surface area contributed by atoms with Gasteiger partial charge in [-0.15, -0.1) is 11.3 Å². The molecule has 4 nitrogen and oxygen atoms in total. The van der Waals surface area contributed by atoms with Crippen molar-refractivity contribution < 1.29 is 9.59 Å². The van der Waals surface area contributed by atoms with Gasteiger partial charge in [0.25, 0.3) is 0 Å². The van der Waals surface area contributed by atoms with Gasteiger partial charge in [0.2, 0.25) is 5.91 Å². The Morgan fingerprint density at radius 1 is 1.50 bits per heavy atom. The minimum absolute atomic E-state index is 0.0446. The SMILES string of the molecule is CC(=O)SCC(=O)Nc1nc2c(s1)CCC2. The fraction of sp³-hybridized carbons (Fsp3) is 0.500. The Morgan fingerprint density at radius 3 is 3.00 bits per heavy atom. The van der Waals surface area contributed by atoms with Gasteiger partial charge in [0, 0.05) is 11.8 Å². The van der Waals surface area contributed by atoms with E-state index in [0.29, 0.717) is 5.13 Å². The lowest BCUT2D eigenvalue weighted by Crippen LogP contribution is -2.14.